The van der Waals surface area contributed by atoms with Crippen molar-refractivity contribution >= 4 is 11.9 Å². The van der Waals surface area contributed by atoms with Gasteiger partial charge in [-0.1, -0.05) is 13.8 Å². The van der Waals surface area contributed by atoms with Gasteiger partial charge in [0.1, 0.15) is 13.2 Å². The molecule has 0 aliphatic heterocycles. The fourth-order valence-electron chi connectivity index (χ4n) is 0.239. The van der Waals surface area contributed by atoms with Gasteiger partial charge in [0.2, 0.25) is 5.91 Å². The highest BCUT2D eigenvalue weighted by Gasteiger charge is 1.97. The molecule has 0 unspecified atom stereocenters. The van der Waals surface area contributed by atoms with E-state index in [0.29, 0.717) is 0 Å². The standard InChI is InChI=1S/C4H7NO4.C2H6/c5-3(6)1-9-2-4(7)8;1-2/h1-2H2,(H2,5,6)(H,7,8);1-2H3. The van der Waals surface area contributed by atoms with Crippen molar-refractivity contribution in [1.82, 2.24) is 0 Å². The molecular weight excluding hydrogens is 150 g/mol. The SMILES string of the molecule is CC.NC(=O)COCC(=O)O. The number of hydrogen-bond donors (Lipinski definition) is 2. The Balaban J connectivity index is 0. The number of carbonyl (C=O) groups is 2. The van der Waals surface area contributed by atoms with Gasteiger partial charge in [-0.25, -0.2) is 4.79 Å². The van der Waals surface area contributed by atoms with Gasteiger partial charge in [0.25, 0.3) is 0 Å². The molecule has 1 amide bonds. The highest BCUT2D eigenvalue weighted by atomic mass is 16.5. The largest absolute Gasteiger partial charge is 0.480 e. The Hall–Kier alpha value is -1.10. The smallest absolute Gasteiger partial charge is 0.329 e. The van der Waals surface area contributed by atoms with Crippen LogP contribution in [0.15, 0.2) is 0 Å². The second-order valence-corrected chi connectivity index (χ2v) is 1.35. The van der Waals surface area contributed by atoms with E-state index in [1.165, 1.54) is 0 Å². The van der Waals surface area contributed by atoms with Gasteiger partial charge < -0.3 is 15.6 Å². The van der Waals surface area contributed by atoms with E-state index in [9.17, 15) is 9.59 Å². The molecule has 5 nitrogen and oxygen atoms in total. The van der Waals surface area contributed by atoms with Crippen LogP contribution in [-0.4, -0.2) is 30.2 Å². The highest BCUT2D eigenvalue weighted by Crippen LogP contribution is 1.71. The van der Waals surface area contributed by atoms with Gasteiger partial charge in [-0.05, 0) is 0 Å². The number of hydrogen-bond acceptors (Lipinski definition) is 3. The van der Waals surface area contributed by atoms with Crippen molar-refractivity contribution in [3.8, 4) is 0 Å². The average molecular weight is 163 g/mol. The van der Waals surface area contributed by atoms with E-state index in [0.717, 1.165) is 0 Å². The van der Waals surface area contributed by atoms with Gasteiger partial charge >= 0.3 is 5.97 Å². The molecule has 0 spiro atoms. The van der Waals surface area contributed by atoms with Crippen LogP contribution in [0.1, 0.15) is 13.8 Å². The van der Waals surface area contributed by atoms with Crippen LogP contribution < -0.4 is 5.73 Å². The Kier molecular flexibility index (Phi) is 10.2. The topological polar surface area (TPSA) is 89.6 Å². The van der Waals surface area contributed by atoms with Gasteiger partial charge in [-0.15, -0.1) is 0 Å². The van der Waals surface area contributed by atoms with Gasteiger partial charge in [0.15, 0.2) is 0 Å². The van der Waals surface area contributed by atoms with Crippen LogP contribution in [-0.2, 0) is 14.3 Å². The fourth-order valence-corrected chi connectivity index (χ4v) is 0.239. The number of carbonyl (C=O) groups excluding carboxylic acids is 1. The van der Waals surface area contributed by atoms with Crippen molar-refractivity contribution < 1.29 is 19.4 Å². The van der Waals surface area contributed by atoms with Crippen molar-refractivity contribution in [2.75, 3.05) is 13.2 Å². The van der Waals surface area contributed by atoms with E-state index < -0.39 is 18.5 Å². The van der Waals surface area contributed by atoms with E-state index >= 15 is 0 Å². The highest BCUT2D eigenvalue weighted by molar-refractivity contribution is 5.75. The molecule has 66 valence electrons. The molecule has 3 N–H and O–H groups in total. The first-order chi connectivity index (χ1) is 5.13. The normalized spacial score (nSPS) is 7.82. The molecular formula is C6H13NO4. The fraction of sp³-hybridized carbons (Fsp3) is 0.667. The quantitative estimate of drug-likeness (QED) is 0.590. The first-order valence-electron chi connectivity index (χ1n) is 3.20. The predicted molar refractivity (Wildman–Crippen MR) is 39.0 cm³/mol. The van der Waals surface area contributed by atoms with Gasteiger partial charge in [-0.2, -0.15) is 0 Å². The maximum atomic E-state index is 9.89. The molecule has 0 rings (SSSR count). The summed E-state index contributed by atoms with van der Waals surface area (Å²) in [4.78, 5) is 19.6. The van der Waals surface area contributed by atoms with E-state index in [1.54, 1.807) is 0 Å². The molecule has 0 aromatic carbocycles. The minimum Gasteiger partial charge on any atom is -0.480 e. The number of ether oxygens (including phenoxy) is 1. The van der Waals surface area contributed by atoms with Crippen LogP contribution in [0, 0.1) is 0 Å². The molecule has 0 aliphatic carbocycles. The lowest BCUT2D eigenvalue weighted by molar-refractivity contribution is -0.143. The zero-order valence-electron chi connectivity index (χ0n) is 6.66. The van der Waals surface area contributed by atoms with E-state index in [1.807, 2.05) is 13.8 Å². The van der Waals surface area contributed by atoms with Crippen molar-refractivity contribution in [2.45, 2.75) is 13.8 Å². The Morgan fingerprint density at radius 1 is 1.36 bits per heavy atom. The summed E-state index contributed by atoms with van der Waals surface area (Å²) in [5.41, 5.74) is 4.62. The number of carboxylic acids is 1. The summed E-state index contributed by atoms with van der Waals surface area (Å²) < 4.78 is 4.28. The lowest BCUT2D eigenvalue weighted by Crippen LogP contribution is -2.20. The molecule has 11 heavy (non-hydrogen) atoms. The molecule has 5 heteroatoms. The number of rotatable bonds is 4. The minimum atomic E-state index is -1.11. The summed E-state index contributed by atoms with van der Waals surface area (Å²) in [5.74, 6) is -1.78. The van der Waals surface area contributed by atoms with Crippen molar-refractivity contribution in [3.63, 3.8) is 0 Å². The number of nitrogens with two attached hydrogens (primary N) is 1. The second kappa shape index (κ2) is 8.90. The van der Waals surface area contributed by atoms with Crippen molar-refractivity contribution in [2.24, 2.45) is 5.73 Å². The molecule has 0 aromatic heterocycles. The van der Waals surface area contributed by atoms with Crippen LogP contribution in [0.4, 0.5) is 0 Å². The van der Waals surface area contributed by atoms with Crippen LogP contribution in [0.25, 0.3) is 0 Å². The molecule has 0 heterocycles. The minimum absolute atomic E-state index is 0.341. The first-order valence-corrected chi connectivity index (χ1v) is 3.20. The van der Waals surface area contributed by atoms with Crippen LogP contribution in [0.3, 0.4) is 0 Å². The van der Waals surface area contributed by atoms with Crippen LogP contribution >= 0.6 is 0 Å². The maximum Gasteiger partial charge on any atom is 0.329 e. The molecule has 0 atom stereocenters. The molecule has 0 saturated heterocycles. The Morgan fingerprint density at radius 3 is 2.09 bits per heavy atom. The lowest BCUT2D eigenvalue weighted by atomic mass is 10.7. The zero-order chi connectivity index (χ0) is 9.28. The Labute approximate surface area is 65.1 Å². The summed E-state index contributed by atoms with van der Waals surface area (Å²) in [5, 5.41) is 7.95. The monoisotopic (exact) mass is 163 g/mol. The Bertz CT molecular complexity index is 110. The number of amides is 1. The number of carboxylic acid groups (broad SMARTS) is 1. The second-order valence-electron chi connectivity index (χ2n) is 1.35. The molecule has 0 radical (unpaired) electrons. The van der Waals surface area contributed by atoms with Crippen LogP contribution in [0.5, 0.6) is 0 Å². The van der Waals surface area contributed by atoms with E-state index in [-0.39, 0.29) is 6.61 Å². The molecule has 0 saturated carbocycles. The van der Waals surface area contributed by atoms with Crippen molar-refractivity contribution in [1.29, 1.82) is 0 Å². The third kappa shape index (κ3) is 17.6. The summed E-state index contributed by atoms with van der Waals surface area (Å²) >= 11 is 0. The number of aliphatic carboxylic acids is 1. The molecule has 0 bridgehead atoms. The summed E-state index contributed by atoms with van der Waals surface area (Å²) in [6.45, 7) is 3.18. The van der Waals surface area contributed by atoms with E-state index in [4.69, 9.17) is 5.11 Å². The Morgan fingerprint density at radius 2 is 1.82 bits per heavy atom. The zero-order valence-corrected chi connectivity index (χ0v) is 6.66. The lowest BCUT2D eigenvalue weighted by Gasteiger charge is -1.93. The first kappa shape index (κ1) is 12.6. The number of primary amides is 1. The maximum absolute atomic E-state index is 9.89. The van der Waals surface area contributed by atoms with Crippen molar-refractivity contribution in [3.05, 3.63) is 0 Å². The van der Waals surface area contributed by atoms with Gasteiger partial charge in [0, 0.05) is 0 Å². The van der Waals surface area contributed by atoms with Crippen LogP contribution in [0.2, 0.25) is 0 Å². The summed E-state index contributed by atoms with van der Waals surface area (Å²) in [6, 6.07) is 0. The summed E-state index contributed by atoms with van der Waals surface area (Å²) in [6.07, 6.45) is 0. The molecule has 0 fully saturated rings. The summed E-state index contributed by atoms with van der Waals surface area (Å²) in [7, 11) is 0. The van der Waals surface area contributed by atoms with Gasteiger partial charge in [-0.3, -0.25) is 4.79 Å². The molecule has 0 aliphatic rings. The molecule has 0 aromatic rings. The van der Waals surface area contributed by atoms with E-state index in [2.05, 4.69) is 10.5 Å². The van der Waals surface area contributed by atoms with Gasteiger partial charge in [0.05, 0.1) is 0 Å². The average Bonchev–Trinajstić information content (AvgIpc) is 1.90. The third-order valence-electron chi connectivity index (χ3n) is 0.470. The third-order valence-corrected chi connectivity index (χ3v) is 0.470. The predicted octanol–water partition coefficient (Wildman–Crippen LogP) is -0.401.